The van der Waals surface area contributed by atoms with E-state index >= 15 is 0 Å². The average molecular weight is 443 g/mol. The van der Waals surface area contributed by atoms with E-state index in [0.717, 1.165) is 4.47 Å². The second kappa shape index (κ2) is 7.19. The Labute approximate surface area is 165 Å². The molecule has 28 heavy (non-hydrogen) atoms. The van der Waals surface area contributed by atoms with Crippen LogP contribution in [0.5, 0.6) is 5.75 Å². The lowest BCUT2D eigenvalue weighted by Gasteiger charge is -2.08. The number of aromatic nitrogens is 5. The van der Waals surface area contributed by atoms with Gasteiger partial charge in [0.1, 0.15) is 5.75 Å². The summed E-state index contributed by atoms with van der Waals surface area (Å²) in [5.41, 5.74) is 1.45. The maximum atomic E-state index is 12.8. The molecule has 10 nitrogen and oxygen atoms in total. The van der Waals surface area contributed by atoms with Crippen LogP contribution in [0.2, 0.25) is 0 Å². The Morgan fingerprint density at radius 3 is 2.82 bits per heavy atom. The predicted molar refractivity (Wildman–Crippen MR) is 101 cm³/mol. The number of H-pyrrole nitrogens is 1. The highest BCUT2D eigenvalue weighted by Crippen LogP contribution is 2.30. The monoisotopic (exact) mass is 442 g/mol. The van der Waals surface area contributed by atoms with E-state index in [0.29, 0.717) is 33.8 Å². The van der Waals surface area contributed by atoms with E-state index in [-0.39, 0.29) is 5.69 Å². The third-order valence-electron chi connectivity index (χ3n) is 3.74. The van der Waals surface area contributed by atoms with Crippen molar-refractivity contribution < 1.29 is 18.8 Å². The summed E-state index contributed by atoms with van der Waals surface area (Å²) in [6.07, 6.45) is 0. The van der Waals surface area contributed by atoms with Gasteiger partial charge in [-0.15, -0.1) is 10.2 Å². The third kappa shape index (κ3) is 3.47. The molecule has 2 aromatic carbocycles. The highest BCUT2D eigenvalue weighted by molar-refractivity contribution is 9.10. The van der Waals surface area contributed by atoms with Crippen molar-refractivity contribution in [3.63, 3.8) is 0 Å². The van der Waals surface area contributed by atoms with Crippen LogP contribution in [0.15, 0.2) is 45.4 Å². The molecule has 0 aliphatic carbocycles. The topological polar surface area (TPSA) is 136 Å². The van der Waals surface area contributed by atoms with Gasteiger partial charge in [0.25, 0.3) is 5.91 Å². The zero-order chi connectivity index (χ0) is 19.7. The van der Waals surface area contributed by atoms with Gasteiger partial charge in [0.15, 0.2) is 11.3 Å². The van der Waals surface area contributed by atoms with Gasteiger partial charge in [-0.05, 0) is 35.5 Å². The highest BCUT2D eigenvalue weighted by Gasteiger charge is 2.19. The van der Waals surface area contributed by atoms with Gasteiger partial charge in [0.2, 0.25) is 5.82 Å². The number of carbonyl (C=O) groups is 2. The Morgan fingerprint density at radius 1 is 1.21 bits per heavy atom. The van der Waals surface area contributed by atoms with Crippen molar-refractivity contribution in [1.29, 1.82) is 0 Å². The number of carbonyl (C=O) groups excluding carboxylic acids is 2. The molecule has 0 spiro atoms. The number of nitrogens with one attached hydrogen (secondary N) is 2. The number of aromatic amines is 1. The number of amides is 1. The highest BCUT2D eigenvalue weighted by atomic mass is 79.9. The predicted octanol–water partition coefficient (Wildman–Crippen LogP) is 2.95. The van der Waals surface area contributed by atoms with Crippen molar-refractivity contribution in [3.05, 3.63) is 46.6 Å². The number of ether oxygens (including phenoxy) is 1. The molecule has 2 N–H and O–H groups in total. The maximum absolute atomic E-state index is 12.8. The number of rotatable bonds is 4. The van der Waals surface area contributed by atoms with Crippen LogP contribution in [0.3, 0.4) is 0 Å². The van der Waals surface area contributed by atoms with Gasteiger partial charge in [-0.2, -0.15) is 5.21 Å². The summed E-state index contributed by atoms with van der Waals surface area (Å²) in [4.78, 5) is 23.8. The van der Waals surface area contributed by atoms with Crippen molar-refractivity contribution >= 4 is 44.5 Å². The van der Waals surface area contributed by atoms with E-state index in [1.807, 2.05) is 0 Å². The van der Waals surface area contributed by atoms with Crippen molar-refractivity contribution in [3.8, 4) is 17.1 Å². The summed E-state index contributed by atoms with van der Waals surface area (Å²) in [5.74, 6) is -0.310. The van der Waals surface area contributed by atoms with Crippen LogP contribution in [0.25, 0.3) is 22.4 Å². The molecule has 0 atom stereocenters. The smallest absolute Gasteiger partial charge is 0.308 e. The zero-order valence-corrected chi connectivity index (χ0v) is 15.8. The Bertz CT molecular complexity index is 1190. The van der Waals surface area contributed by atoms with E-state index in [1.165, 1.54) is 13.0 Å². The van der Waals surface area contributed by atoms with Crippen LogP contribution in [-0.4, -0.2) is 37.7 Å². The van der Waals surface area contributed by atoms with Crippen LogP contribution in [-0.2, 0) is 4.79 Å². The van der Waals surface area contributed by atoms with E-state index in [4.69, 9.17) is 9.26 Å². The Kier molecular flexibility index (Phi) is 4.57. The lowest BCUT2D eigenvalue weighted by Crippen LogP contribution is -2.13. The third-order valence-corrected chi connectivity index (χ3v) is 4.23. The van der Waals surface area contributed by atoms with Crippen molar-refractivity contribution in [1.82, 2.24) is 25.8 Å². The quantitative estimate of drug-likeness (QED) is 0.363. The number of halogens is 1. The Morgan fingerprint density at radius 2 is 2.07 bits per heavy atom. The summed E-state index contributed by atoms with van der Waals surface area (Å²) in [6.45, 7) is 1.29. The van der Waals surface area contributed by atoms with E-state index < -0.39 is 11.9 Å². The van der Waals surface area contributed by atoms with E-state index in [1.54, 1.807) is 30.3 Å². The van der Waals surface area contributed by atoms with Gasteiger partial charge >= 0.3 is 5.97 Å². The van der Waals surface area contributed by atoms with Gasteiger partial charge < -0.3 is 14.6 Å². The standard InChI is InChI=1S/C17H11BrN6O4/c1-8(25)27-10-3-4-11-14(7-10)28-22-15(11)17(26)19-13-5-2-9(18)6-12(13)16-20-23-24-21-16/h2-7H,1H3,(H,19,26)(H,20,21,23,24). The molecular formula is C17H11BrN6O4. The first-order valence-corrected chi connectivity index (χ1v) is 8.73. The minimum Gasteiger partial charge on any atom is -0.427 e. The van der Waals surface area contributed by atoms with Crippen LogP contribution in [0.4, 0.5) is 5.69 Å². The fourth-order valence-electron chi connectivity index (χ4n) is 2.58. The molecule has 1 amide bonds. The van der Waals surface area contributed by atoms with Gasteiger partial charge in [0.05, 0.1) is 11.1 Å². The Hall–Kier alpha value is -3.60. The molecule has 0 aliphatic rings. The zero-order valence-electron chi connectivity index (χ0n) is 14.3. The molecule has 0 saturated carbocycles. The summed E-state index contributed by atoms with van der Waals surface area (Å²) < 4.78 is 11.0. The molecule has 2 aromatic heterocycles. The molecular weight excluding hydrogens is 432 g/mol. The Balaban J connectivity index is 1.65. The number of hydrogen-bond donors (Lipinski definition) is 2. The summed E-state index contributed by atoms with van der Waals surface area (Å²) in [7, 11) is 0. The number of fused-ring (bicyclic) bond motifs is 1. The largest absolute Gasteiger partial charge is 0.427 e. The number of esters is 1. The summed E-state index contributed by atoms with van der Waals surface area (Å²) >= 11 is 3.38. The minimum absolute atomic E-state index is 0.0892. The van der Waals surface area contributed by atoms with Crippen molar-refractivity contribution in [2.24, 2.45) is 0 Å². The number of hydrogen-bond acceptors (Lipinski definition) is 8. The lowest BCUT2D eigenvalue weighted by atomic mass is 10.1. The molecule has 0 bridgehead atoms. The first-order valence-electron chi connectivity index (χ1n) is 7.94. The van der Waals surface area contributed by atoms with Gasteiger partial charge in [-0.25, -0.2) is 0 Å². The number of anilines is 1. The molecule has 0 saturated heterocycles. The molecule has 4 aromatic rings. The van der Waals surface area contributed by atoms with Gasteiger partial charge in [0, 0.05) is 23.0 Å². The van der Waals surface area contributed by atoms with Crippen LogP contribution < -0.4 is 10.1 Å². The minimum atomic E-state index is -0.481. The normalized spacial score (nSPS) is 10.8. The molecule has 0 unspecified atom stereocenters. The van der Waals surface area contributed by atoms with Crippen molar-refractivity contribution in [2.75, 3.05) is 5.32 Å². The summed E-state index contributed by atoms with van der Waals surface area (Å²) in [5, 5.41) is 20.9. The first-order chi connectivity index (χ1) is 13.5. The molecule has 0 aliphatic heterocycles. The van der Waals surface area contributed by atoms with Crippen molar-refractivity contribution in [2.45, 2.75) is 6.92 Å². The average Bonchev–Trinajstić information content (AvgIpc) is 3.32. The maximum Gasteiger partial charge on any atom is 0.308 e. The second-order valence-corrected chi connectivity index (χ2v) is 6.58. The second-order valence-electron chi connectivity index (χ2n) is 5.66. The number of nitrogens with zero attached hydrogens (tertiary/aromatic N) is 4. The molecule has 2 heterocycles. The SMILES string of the molecule is CC(=O)Oc1ccc2c(C(=O)Nc3ccc(Br)cc3-c3nn[nH]n3)noc2c1. The number of tetrazole rings is 1. The van der Waals surface area contributed by atoms with Gasteiger partial charge in [-0.1, -0.05) is 21.1 Å². The fourth-order valence-corrected chi connectivity index (χ4v) is 2.94. The molecule has 4 rings (SSSR count). The van der Waals surface area contributed by atoms with Crippen LogP contribution >= 0.6 is 15.9 Å². The molecule has 0 radical (unpaired) electrons. The van der Waals surface area contributed by atoms with E-state index in [2.05, 4.69) is 47.0 Å². The summed E-state index contributed by atoms with van der Waals surface area (Å²) in [6, 6.07) is 9.88. The van der Waals surface area contributed by atoms with Crippen LogP contribution in [0, 0.1) is 0 Å². The fraction of sp³-hybridized carbons (Fsp3) is 0.0588. The van der Waals surface area contributed by atoms with Crippen LogP contribution in [0.1, 0.15) is 17.4 Å². The molecule has 11 heteroatoms. The van der Waals surface area contributed by atoms with E-state index in [9.17, 15) is 9.59 Å². The number of benzene rings is 2. The first kappa shape index (κ1) is 17.8. The molecule has 140 valence electrons. The molecule has 0 fully saturated rings. The lowest BCUT2D eigenvalue weighted by molar-refractivity contribution is -0.131. The van der Waals surface area contributed by atoms with Gasteiger partial charge in [-0.3, -0.25) is 9.59 Å².